The third-order valence-corrected chi connectivity index (χ3v) is 4.49. The van der Waals surface area contributed by atoms with Crippen molar-refractivity contribution in [3.05, 3.63) is 34.1 Å². The topological polar surface area (TPSA) is 131 Å². The number of aromatic nitrogens is 5. The summed E-state index contributed by atoms with van der Waals surface area (Å²) in [5.74, 6) is 0.560. The summed E-state index contributed by atoms with van der Waals surface area (Å²) in [4.78, 5) is 4.17. The summed E-state index contributed by atoms with van der Waals surface area (Å²) >= 11 is 1.36. The fraction of sp³-hybridized carbons (Fsp3) is 0.353. The number of rotatable bonds is 3. The van der Waals surface area contributed by atoms with E-state index in [1.54, 1.807) is 12.1 Å². The lowest BCUT2D eigenvalue weighted by Gasteiger charge is -2.14. The summed E-state index contributed by atoms with van der Waals surface area (Å²) in [6.07, 6.45) is 0. The molecule has 3 aromatic heterocycles. The fourth-order valence-electron chi connectivity index (χ4n) is 2.39. The van der Waals surface area contributed by atoms with E-state index < -0.39 is 0 Å². The Hall–Kier alpha value is -3.19. The van der Waals surface area contributed by atoms with Gasteiger partial charge in [-0.25, -0.2) is 4.98 Å². The fourth-order valence-corrected chi connectivity index (χ4v) is 3.03. The smallest absolute Gasteiger partial charge is 0.234 e. The van der Waals surface area contributed by atoms with Crippen molar-refractivity contribution in [2.75, 3.05) is 5.73 Å². The molecule has 10 heteroatoms. The molecule has 9 nitrogen and oxygen atoms in total. The van der Waals surface area contributed by atoms with Crippen molar-refractivity contribution in [2.24, 2.45) is 10.2 Å². The van der Waals surface area contributed by atoms with E-state index in [9.17, 15) is 5.26 Å². The Morgan fingerprint density at radius 1 is 1.19 bits per heavy atom. The van der Waals surface area contributed by atoms with Crippen molar-refractivity contribution >= 4 is 28.7 Å². The van der Waals surface area contributed by atoms with E-state index in [1.807, 2.05) is 34.6 Å². The first kappa shape index (κ1) is 18.6. The summed E-state index contributed by atoms with van der Waals surface area (Å²) in [7, 11) is 0. The molecule has 0 fully saturated rings. The number of pyridine rings is 1. The van der Waals surface area contributed by atoms with Crippen LogP contribution < -0.4 is 5.73 Å². The predicted molar refractivity (Wildman–Crippen MR) is 103 cm³/mol. The maximum absolute atomic E-state index is 9.74. The highest BCUT2D eigenvalue weighted by Gasteiger charge is 2.28. The lowest BCUT2D eigenvalue weighted by molar-refractivity contribution is 0.558. The van der Waals surface area contributed by atoms with Gasteiger partial charge in [-0.2, -0.15) is 15.0 Å². The molecule has 0 radical (unpaired) electrons. The minimum atomic E-state index is -0.356. The minimum absolute atomic E-state index is 0.270. The summed E-state index contributed by atoms with van der Waals surface area (Å²) in [6, 6.07) is 5.72. The van der Waals surface area contributed by atoms with Gasteiger partial charge in [0, 0.05) is 11.1 Å². The molecule has 0 bridgehead atoms. The molecule has 3 rings (SSSR count). The molecule has 3 aromatic rings. The SMILES string of the molecule is Cc1ccc(N=Nc2c(C#N)c(C(C)(C)C)nn2-c2nnc(C)s2)c(N)n1. The molecule has 2 N–H and O–H groups in total. The number of nitrogens with two attached hydrogens (primary N) is 1. The molecule has 0 aliphatic rings. The summed E-state index contributed by atoms with van der Waals surface area (Å²) < 4.78 is 1.51. The van der Waals surface area contributed by atoms with Crippen LogP contribution in [0.4, 0.5) is 17.3 Å². The van der Waals surface area contributed by atoms with Crippen molar-refractivity contribution in [1.82, 2.24) is 25.0 Å². The normalized spacial score (nSPS) is 11.9. The van der Waals surface area contributed by atoms with Crippen LogP contribution >= 0.6 is 11.3 Å². The quantitative estimate of drug-likeness (QED) is 0.684. The average Bonchev–Trinajstić information content (AvgIpc) is 3.16. The lowest BCUT2D eigenvalue weighted by atomic mass is 9.90. The van der Waals surface area contributed by atoms with Gasteiger partial charge in [0.2, 0.25) is 5.13 Å². The van der Waals surface area contributed by atoms with E-state index in [4.69, 9.17) is 5.73 Å². The number of hydrogen-bond acceptors (Lipinski definition) is 9. The van der Waals surface area contributed by atoms with E-state index >= 15 is 0 Å². The maximum atomic E-state index is 9.74. The zero-order valence-electron chi connectivity index (χ0n) is 15.7. The molecule has 0 saturated heterocycles. The molecule has 0 aromatic carbocycles. The maximum Gasteiger partial charge on any atom is 0.234 e. The van der Waals surface area contributed by atoms with E-state index in [1.165, 1.54) is 16.0 Å². The third-order valence-electron chi connectivity index (χ3n) is 3.67. The zero-order chi connectivity index (χ0) is 19.8. The number of aryl methyl sites for hydroxylation is 2. The Labute approximate surface area is 160 Å². The van der Waals surface area contributed by atoms with Gasteiger partial charge in [-0.15, -0.1) is 20.4 Å². The van der Waals surface area contributed by atoms with Crippen molar-refractivity contribution in [1.29, 1.82) is 5.26 Å². The van der Waals surface area contributed by atoms with Crippen molar-refractivity contribution in [3.63, 3.8) is 0 Å². The molecule has 0 unspecified atom stereocenters. The Morgan fingerprint density at radius 2 is 1.93 bits per heavy atom. The predicted octanol–water partition coefficient (Wildman–Crippen LogP) is 3.90. The highest BCUT2D eigenvalue weighted by Crippen LogP contribution is 2.35. The van der Waals surface area contributed by atoms with Crippen LogP contribution in [-0.2, 0) is 5.41 Å². The van der Waals surface area contributed by atoms with Gasteiger partial charge in [-0.05, 0) is 26.0 Å². The monoisotopic (exact) mass is 381 g/mol. The van der Waals surface area contributed by atoms with Gasteiger partial charge in [-0.1, -0.05) is 32.1 Å². The number of anilines is 1. The highest BCUT2D eigenvalue weighted by atomic mass is 32.1. The van der Waals surface area contributed by atoms with Gasteiger partial charge >= 0.3 is 0 Å². The molecule has 138 valence electrons. The van der Waals surface area contributed by atoms with Crippen LogP contribution in [0.5, 0.6) is 0 Å². The van der Waals surface area contributed by atoms with Crippen LogP contribution in [0.1, 0.15) is 42.7 Å². The Balaban J connectivity index is 2.19. The van der Waals surface area contributed by atoms with Crippen LogP contribution in [0, 0.1) is 25.2 Å². The molecule has 0 amide bonds. The van der Waals surface area contributed by atoms with Gasteiger partial charge in [0.05, 0.1) is 5.69 Å². The number of nitriles is 1. The van der Waals surface area contributed by atoms with Crippen LogP contribution in [-0.4, -0.2) is 25.0 Å². The Kier molecular flexibility index (Phi) is 4.72. The summed E-state index contributed by atoms with van der Waals surface area (Å²) in [5.41, 5.74) is 7.72. The molecule has 27 heavy (non-hydrogen) atoms. The average molecular weight is 381 g/mol. The molecule has 0 saturated carbocycles. The van der Waals surface area contributed by atoms with Crippen LogP contribution in [0.25, 0.3) is 5.13 Å². The number of hydrogen-bond donors (Lipinski definition) is 1. The number of azo groups is 1. The van der Waals surface area contributed by atoms with Gasteiger partial charge in [0.25, 0.3) is 0 Å². The first-order valence-corrected chi connectivity index (χ1v) is 9.01. The first-order valence-electron chi connectivity index (χ1n) is 8.19. The Bertz CT molecular complexity index is 1060. The highest BCUT2D eigenvalue weighted by molar-refractivity contribution is 7.13. The van der Waals surface area contributed by atoms with Crippen LogP contribution in [0.15, 0.2) is 22.4 Å². The first-order chi connectivity index (χ1) is 12.7. The third kappa shape index (κ3) is 3.68. The van der Waals surface area contributed by atoms with Gasteiger partial charge in [-0.3, -0.25) is 0 Å². The van der Waals surface area contributed by atoms with Gasteiger partial charge in [0.1, 0.15) is 22.3 Å². The van der Waals surface area contributed by atoms with E-state index in [-0.39, 0.29) is 11.2 Å². The second-order valence-electron chi connectivity index (χ2n) is 6.98. The van der Waals surface area contributed by atoms with E-state index in [2.05, 4.69) is 36.6 Å². The van der Waals surface area contributed by atoms with Crippen molar-refractivity contribution < 1.29 is 0 Å². The number of nitrogen functional groups attached to an aromatic ring is 1. The standard InChI is InChI=1S/C17H19N9S/c1-9-6-7-12(14(19)20-9)22-23-15-11(8-18)13(17(3,4)5)25-26(15)16-24-21-10(2)27-16/h6-7H,1-5H3,(H2,19,20). The van der Waals surface area contributed by atoms with Crippen LogP contribution in [0.2, 0.25) is 0 Å². The second kappa shape index (κ2) is 6.85. The van der Waals surface area contributed by atoms with Crippen LogP contribution in [0.3, 0.4) is 0 Å². The minimum Gasteiger partial charge on any atom is -0.382 e. The van der Waals surface area contributed by atoms with Gasteiger partial charge < -0.3 is 5.73 Å². The molecular weight excluding hydrogens is 362 g/mol. The summed E-state index contributed by atoms with van der Waals surface area (Å²) in [6.45, 7) is 9.63. The molecule has 0 spiro atoms. The van der Waals surface area contributed by atoms with Gasteiger partial charge in [0.15, 0.2) is 11.6 Å². The molecule has 0 aliphatic carbocycles. The largest absolute Gasteiger partial charge is 0.382 e. The Morgan fingerprint density at radius 3 is 2.48 bits per heavy atom. The van der Waals surface area contributed by atoms with E-state index in [0.717, 1.165) is 10.7 Å². The molecular formula is C17H19N9S. The summed E-state index contributed by atoms with van der Waals surface area (Å²) in [5, 5.41) is 32.3. The molecule has 0 atom stereocenters. The van der Waals surface area contributed by atoms with E-state index in [0.29, 0.717) is 27.9 Å². The van der Waals surface area contributed by atoms with Crippen molar-refractivity contribution in [3.8, 4) is 11.2 Å². The van der Waals surface area contributed by atoms with Crippen molar-refractivity contribution in [2.45, 2.75) is 40.0 Å². The number of nitrogens with zero attached hydrogens (tertiary/aromatic N) is 8. The second-order valence-corrected chi connectivity index (χ2v) is 8.14. The molecule has 3 heterocycles. The lowest BCUT2D eigenvalue weighted by Crippen LogP contribution is -2.14. The molecule has 0 aliphatic heterocycles. The zero-order valence-corrected chi connectivity index (χ0v) is 16.5.